The van der Waals surface area contributed by atoms with Gasteiger partial charge in [-0.05, 0) is 62.1 Å². The summed E-state index contributed by atoms with van der Waals surface area (Å²) in [7, 11) is 0. The predicted octanol–water partition coefficient (Wildman–Crippen LogP) is 4.85. The molecule has 6 rings (SSSR count). The second-order valence-corrected chi connectivity index (χ2v) is 10.4. The number of thiazole rings is 1. The fourth-order valence-electron chi connectivity index (χ4n) is 5.04. The Kier molecular flexibility index (Phi) is 6.61. The number of nitrogens with one attached hydrogen (secondary N) is 2. The van der Waals surface area contributed by atoms with Gasteiger partial charge in [0, 0.05) is 17.3 Å². The lowest BCUT2D eigenvalue weighted by molar-refractivity contribution is -0.144. The molecule has 2 aromatic carbocycles. The second kappa shape index (κ2) is 10.4. The van der Waals surface area contributed by atoms with Crippen molar-refractivity contribution in [3.63, 3.8) is 0 Å². The normalized spacial score (nSPS) is 16.8. The van der Waals surface area contributed by atoms with Crippen molar-refractivity contribution >= 4 is 28.3 Å². The van der Waals surface area contributed by atoms with Crippen LogP contribution in [0.15, 0.2) is 65.3 Å². The molecule has 10 nitrogen and oxygen atoms in total. The van der Waals surface area contributed by atoms with E-state index in [1.807, 2.05) is 47.2 Å². The Morgan fingerprint density at radius 1 is 1.25 bits per heavy atom. The van der Waals surface area contributed by atoms with Crippen molar-refractivity contribution in [1.29, 1.82) is 5.26 Å². The molecule has 0 bridgehead atoms. The van der Waals surface area contributed by atoms with Gasteiger partial charge in [-0.25, -0.2) is 14.6 Å². The molecule has 2 N–H and O–H groups in total. The van der Waals surface area contributed by atoms with Crippen molar-refractivity contribution in [1.82, 2.24) is 20.0 Å². The molecule has 4 heterocycles. The number of allylic oxidation sites excluding steroid dienone is 1. The number of nitrogens with zero attached hydrogens (tertiary/aromatic N) is 3. The van der Waals surface area contributed by atoms with Gasteiger partial charge in [-0.2, -0.15) is 5.26 Å². The molecule has 0 saturated heterocycles. The lowest BCUT2D eigenvalue weighted by Gasteiger charge is -2.30. The SMILES string of the molecule is Cc1nc2sccn2c1C1NC(=O)NC(CCc2ccc3c(c2)OCO3)=C1C(=O)OC(C)c1cccc(C#N)c1. The summed E-state index contributed by atoms with van der Waals surface area (Å²) in [4.78, 5) is 32.2. The first-order valence-electron chi connectivity index (χ1n) is 12.7. The van der Waals surface area contributed by atoms with Gasteiger partial charge >= 0.3 is 12.0 Å². The van der Waals surface area contributed by atoms with Gasteiger partial charge in [0.15, 0.2) is 16.5 Å². The van der Waals surface area contributed by atoms with E-state index in [2.05, 4.69) is 21.7 Å². The van der Waals surface area contributed by atoms with Crippen molar-refractivity contribution < 1.29 is 23.8 Å². The van der Waals surface area contributed by atoms with Crippen molar-refractivity contribution in [3.8, 4) is 17.6 Å². The van der Waals surface area contributed by atoms with Crippen molar-refractivity contribution in [2.24, 2.45) is 0 Å². The minimum atomic E-state index is -0.782. The molecule has 11 heteroatoms. The van der Waals surface area contributed by atoms with Crippen LogP contribution in [0.25, 0.3) is 4.96 Å². The zero-order valence-electron chi connectivity index (χ0n) is 21.8. The first-order chi connectivity index (χ1) is 19.4. The maximum Gasteiger partial charge on any atom is 0.338 e. The van der Waals surface area contributed by atoms with Crippen LogP contribution in [0, 0.1) is 18.3 Å². The number of nitriles is 1. The summed E-state index contributed by atoms with van der Waals surface area (Å²) >= 11 is 1.47. The molecule has 2 unspecified atom stereocenters. The highest BCUT2D eigenvalue weighted by molar-refractivity contribution is 7.15. The first-order valence-corrected chi connectivity index (χ1v) is 13.6. The van der Waals surface area contributed by atoms with Crippen LogP contribution >= 0.6 is 11.3 Å². The van der Waals surface area contributed by atoms with E-state index in [1.165, 1.54) is 11.3 Å². The van der Waals surface area contributed by atoms with Crippen molar-refractivity contribution in [2.45, 2.75) is 38.8 Å². The Morgan fingerprint density at radius 2 is 2.10 bits per heavy atom. The average molecular weight is 556 g/mol. The summed E-state index contributed by atoms with van der Waals surface area (Å²) in [6.45, 7) is 3.79. The van der Waals surface area contributed by atoms with Gasteiger partial charge in [0.25, 0.3) is 0 Å². The standard InChI is InChI=1S/C29H25N5O5S/c1-16-26(34-10-11-40-29(34)31-16)25-24(27(35)39-17(2)20-5-3-4-19(12-20)14-30)21(32-28(36)33-25)8-6-18-7-9-22-23(13-18)38-15-37-22/h3-5,7,9-13,17,25H,6,8,15H2,1-2H3,(H2,32,33,36). The van der Waals surface area contributed by atoms with Crippen LogP contribution in [0.5, 0.6) is 11.5 Å². The minimum absolute atomic E-state index is 0.181. The Labute approximate surface area is 233 Å². The molecule has 2 aliphatic heterocycles. The zero-order valence-corrected chi connectivity index (χ0v) is 22.6. The molecule has 0 radical (unpaired) electrons. The number of fused-ring (bicyclic) bond motifs is 2. The highest BCUT2D eigenvalue weighted by atomic mass is 32.1. The molecule has 0 fully saturated rings. The minimum Gasteiger partial charge on any atom is -0.454 e. The molecule has 2 aromatic heterocycles. The number of urea groups is 1. The lowest BCUT2D eigenvalue weighted by Crippen LogP contribution is -2.46. The van der Waals surface area contributed by atoms with Gasteiger partial charge in [0.2, 0.25) is 6.79 Å². The highest BCUT2D eigenvalue weighted by Gasteiger charge is 2.37. The van der Waals surface area contributed by atoms with Crippen LogP contribution in [-0.2, 0) is 16.0 Å². The summed E-state index contributed by atoms with van der Waals surface area (Å²) in [5.41, 5.74) is 4.31. The summed E-state index contributed by atoms with van der Waals surface area (Å²) in [6, 6.07) is 13.6. The number of aromatic nitrogens is 2. The van der Waals surface area contributed by atoms with Crippen molar-refractivity contribution in [3.05, 3.63) is 93.4 Å². The van der Waals surface area contributed by atoms with E-state index >= 15 is 0 Å². The molecule has 2 amide bonds. The summed E-state index contributed by atoms with van der Waals surface area (Å²) in [6.07, 6.45) is 2.15. The quantitative estimate of drug-likeness (QED) is 0.312. The molecular formula is C29H25N5O5S. The number of carbonyl (C=O) groups is 2. The Balaban J connectivity index is 1.37. The van der Waals surface area contributed by atoms with Gasteiger partial charge in [0.05, 0.1) is 28.6 Å². The third kappa shape index (κ3) is 4.74. The number of benzene rings is 2. The van der Waals surface area contributed by atoms with Crippen LogP contribution in [0.4, 0.5) is 4.79 Å². The molecule has 4 aromatic rings. The largest absolute Gasteiger partial charge is 0.454 e. The molecule has 2 atom stereocenters. The average Bonchev–Trinajstić information content (AvgIpc) is 3.67. The number of rotatable bonds is 7. The van der Waals surface area contributed by atoms with E-state index in [9.17, 15) is 14.9 Å². The maximum atomic E-state index is 13.9. The van der Waals surface area contributed by atoms with Crippen LogP contribution in [0.1, 0.15) is 53.6 Å². The number of hydrogen-bond donors (Lipinski definition) is 2. The zero-order chi connectivity index (χ0) is 27.8. The Hall–Kier alpha value is -4.82. The fraction of sp³-hybridized carbons (Fsp3) is 0.241. The van der Waals surface area contributed by atoms with Crippen LogP contribution in [-0.4, -0.2) is 28.2 Å². The Morgan fingerprint density at radius 3 is 2.95 bits per heavy atom. The van der Waals surface area contributed by atoms with Gasteiger partial charge in [0.1, 0.15) is 12.1 Å². The summed E-state index contributed by atoms with van der Waals surface area (Å²) < 4.78 is 18.8. The third-order valence-corrected chi connectivity index (χ3v) is 7.76. The van der Waals surface area contributed by atoms with Crippen molar-refractivity contribution in [2.75, 3.05) is 6.79 Å². The number of carbonyl (C=O) groups excluding carboxylic acids is 2. The van der Waals surface area contributed by atoms with Gasteiger partial charge in [-0.15, -0.1) is 11.3 Å². The Bertz CT molecular complexity index is 1720. The molecular weight excluding hydrogens is 530 g/mol. The summed E-state index contributed by atoms with van der Waals surface area (Å²) in [5, 5.41) is 17.0. The third-order valence-electron chi connectivity index (χ3n) is 7.00. The van der Waals surface area contributed by atoms with E-state index in [1.54, 1.807) is 25.1 Å². The molecule has 0 aliphatic carbocycles. The molecule has 0 spiro atoms. The number of imidazole rings is 1. The smallest absolute Gasteiger partial charge is 0.338 e. The number of amides is 2. The van der Waals surface area contributed by atoms with Crippen LogP contribution in [0.3, 0.4) is 0 Å². The van der Waals surface area contributed by atoms with Gasteiger partial charge in [-0.3, -0.25) is 4.40 Å². The second-order valence-electron chi connectivity index (χ2n) is 9.53. The van der Waals surface area contributed by atoms with Crippen LogP contribution < -0.4 is 20.1 Å². The number of ether oxygens (including phenoxy) is 3. The summed E-state index contributed by atoms with van der Waals surface area (Å²) in [5.74, 6) is 0.784. The molecule has 40 heavy (non-hydrogen) atoms. The van der Waals surface area contributed by atoms with E-state index in [4.69, 9.17) is 14.2 Å². The molecule has 0 saturated carbocycles. The number of hydrogen-bond acceptors (Lipinski definition) is 8. The van der Waals surface area contributed by atoms with Gasteiger partial charge in [-0.1, -0.05) is 18.2 Å². The maximum absolute atomic E-state index is 13.9. The predicted molar refractivity (Wildman–Crippen MR) is 146 cm³/mol. The molecule has 2 aliphatic rings. The van der Waals surface area contributed by atoms with E-state index in [0.717, 1.165) is 10.5 Å². The van der Waals surface area contributed by atoms with Crippen LogP contribution in [0.2, 0.25) is 0 Å². The number of esters is 1. The fourth-order valence-corrected chi connectivity index (χ4v) is 5.81. The van der Waals surface area contributed by atoms with Gasteiger partial charge < -0.3 is 24.8 Å². The van der Waals surface area contributed by atoms with E-state index in [0.29, 0.717) is 58.1 Å². The van der Waals surface area contributed by atoms with E-state index in [-0.39, 0.29) is 6.79 Å². The van der Waals surface area contributed by atoms with E-state index < -0.39 is 24.1 Å². The molecule has 202 valence electrons. The topological polar surface area (TPSA) is 127 Å². The highest BCUT2D eigenvalue weighted by Crippen LogP contribution is 2.36. The lowest BCUT2D eigenvalue weighted by atomic mass is 9.95. The monoisotopic (exact) mass is 555 g/mol. The number of aryl methyl sites for hydroxylation is 2. The first kappa shape index (κ1) is 25.5.